The van der Waals surface area contributed by atoms with E-state index in [1.807, 2.05) is 29.6 Å². The van der Waals surface area contributed by atoms with Crippen molar-refractivity contribution >= 4 is 23.7 Å². The maximum Gasteiger partial charge on any atom is 0.514 e. The highest BCUT2D eigenvalue weighted by Gasteiger charge is 2.19. The summed E-state index contributed by atoms with van der Waals surface area (Å²) in [6.45, 7) is 5.30. The Bertz CT molecular complexity index is 1200. The van der Waals surface area contributed by atoms with Crippen molar-refractivity contribution in [3.63, 3.8) is 0 Å². The lowest BCUT2D eigenvalue weighted by Crippen LogP contribution is -2.26. The Morgan fingerprint density at radius 1 is 1.03 bits per heavy atom. The molecule has 0 aliphatic heterocycles. The van der Waals surface area contributed by atoms with Crippen molar-refractivity contribution in [3.05, 3.63) is 58.2 Å². The molecule has 1 aromatic heterocycles. The molecule has 0 spiro atoms. The lowest BCUT2D eigenvalue weighted by Gasteiger charge is -2.19. The molecular weight excluding hydrogens is 442 g/mol. The fourth-order valence-corrected chi connectivity index (χ4v) is 3.66. The average molecular weight is 470 g/mol. The second kappa shape index (κ2) is 10.4. The summed E-state index contributed by atoms with van der Waals surface area (Å²) < 4.78 is 22.9. The van der Waals surface area contributed by atoms with Gasteiger partial charge in [0, 0.05) is 18.0 Å². The Labute approximate surface area is 196 Å². The Morgan fingerprint density at radius 2 is 1.76 bits per heavy atom. The standard InChI is InChI=1S/C24H27N3O5S/c1-24(2,3)32-23(28)31-20-12-7-16(13-21(20)30-6)14-26-27-19(15-33-22(27)25-4)17-8-10-18(29-5)11-9-17/h7-15H,1-6H3. The summed E-state index contributed by atoms with van der Waals surface area (Å²) in [5, 5.41) is 6.63. The smallest absolute Gasteiger partial charge is 0.497 e. The summed E-state index contributed by atoms with van der Waals surface area (Å²) in [7, 11) is 4.86. The summed E-state index contributed by atoms with van der Waals surface area (Å²) in [5.41, 5.74) is 1.98. The van der Waals surface area contributed by atoms with Gasteiger partial charge in [-0.1, -0.05) is 0 Å². The average Bonchev–Trinajstić information content (AvgIpc) is 3.20. The SMILES string of the molecule is CN=c1scc(-c2ccc(OC)cc2)n1N=Cc1ccc(OC(=O)OC(C)(C)C)c(OC)c1. The summed E-state index contributed by atoms with van der Waals surface area (Å²) >= 11 is 1.49. The van der Waals surface area contributed by atoms with Crippen LogP contribution >= 0.6 is 11.3 Å². The number of benzene rings is 2. The lowest BCUT2D eigenvalue weighted by molar-refractivity contribution is 0.0201. The van der Waals surface area contributed by atoms with Gasteiger partial charge in [-0.05, 0) is 68.8 Å². The number of hydrogen-bond donors (Lipinski definition) is 0. The van der Waals surface area contributed by atoms with Gasteiger partial charge in [0.2, 0.25) is 4.80 Å². The number of thiazole rings is 1. The molecule has 0 unspecified atom stereocenters. The third-order valence-corrected chi connectivity index (χ3v) is 5.26. The quantitative estimate of drug-likeness (QED) is 0.289. The number of hydrogen-bond acceptors (Lipinski definition) is 8. The van der Waals surface area contributed by atoms with Crippen molar-refractivity contribution < 1.29 is 23.7 Å². The lowest BCUT2D eigenvalue weighted by atomic mass is 10.2. The van der Waals surface area contributed by atoms with E-state index in [1.54, 1.807) is 64.0 Å². The van der Waals surface area contributed by atoms with Crippen LogP contribution in [0.1, 0.15) is 26.3 Å². The van der Waals surface area contributed by atoms with Crippen molar-refractivity contribution in [2.75, 3.05) is 21.3 Å². The molecule has 0 fully saturated rings. The van der Waals surface area contributed by atoms with E-state index in [4.69, 9.17) is 18.9 Å². The van der Waals surface area contributed by atoms with Crippen LogP contribution < -0.4 is 19.0 Å². The van der Waals surface area contributed by atoms with Gasteiger partial charge in [0.25, 0.3) is 0 Å². The molecule has 0 saturated heterocycles. The van der Waals surface area contributed by atoms with E-state index in [-0.39, 0.29) is 5.75 Å². The van der Waals surface area contributed by atoms with Crippen LogP contribution in [0.15, 0.2) is 57.9 Å². The molecule has 8 nitrogen and oxygen atoms in total. The van der Waals surface area contributed by atoms with Crippen molar-refractivity contribution in [1.82, 2.24) is 4.68 Å². The van der Waals surface area contributed by atoms with Crippen LogP contribution in [0.4, 0.5) is 4.79 Å². The second-order valence-corrected chi connectivity index (χ2v) is 8.73. The van der Waals surface area contributed by atoms with Gasteiger partial charge in [-0.3, -0.25) is 4.99 Å². The number of carbonyl (C=O) groups is 1. The minimum atomic E-state index is -0.797. The monoisotopic (exact) mass is 469 g/mol. The van der Waals surface area contributed by atoms with Gasteiger partial charge >= 0.3 is 6.16 Å². The number of carbonyl (C=O) groups excluding carboxylic acids is 1. The first-order valence-corrected chi connectivity index (χ1v) is 11.0. The number of methoxy groups -OCH3 is 2. The highest BCUT2D eigenvalue weighted by molar-refractivity contribution is 7.07. The highest BCUT2D eigenvalue weighted by Crippen LogP contribution is 2.29. The summed E-state index contributed by atoms with van der Waals surface area (Å²) in [5.74, 6) is 1.43. The third-order valence-electron chi connectivity index (χ3n) is 4.36. The molecule has 174 valence electrons. The molecule has 33 heavy (non-hydrogen) atoms. The van der Waals surface area contributed by atoms with Gasteiger partial charge in [-0.15, -0.1) is 11.3 Å². The molecule has 0 bridgehead atoms. The van der Waals surface area contributed by atoms with E-state index in [0.29, 0.717) is 5.75 Å². The van der Waals surface area contributed by atoms with E-state index < -0.39 is 11.8 Å². The minimum Gasteiger partial charge on any atom is -0.497 e. The molecule has 0 radical (unpaired) electrons. The van der Waals surface area contributed by atoms with Gasteiger partial charge < -0.3 is 18.9 Å². The van der Waals surface area contributed by atoms with Gasteiger partial charge in [0.15, 0.2) is 11.5 Å². The zero-order valence-electron chi connectivity index (χ0n) is 19.5. The molecular formula is C24H27N3O5S. The number of aromatic nitrogens is 1. The van der Waals surface area contributed by atoms with Crippen molar-refractivity contribution in [1.29, 1.82) is 0 Å². The predicted molar refractivity (Wildman–Crippen MR) is 129 cm³/mol. The number of rotatable bonds is 6. The minimum absolute atomic E-state index is 0.259. The largest absolute Gasteiger partial charge is 0.514 e. The summed E-state index contributed by atoms with van der Waals surface area (Å²) in [6.07, 6.45) is 0.892. The molecule has 0 N–H and O–H groups in total. The van der Waals surface area contributed by atoms with Crippen molar-refractivity contribution in [3.8, 4) is 28.5 Å². The van der Waals surface area contributed by atoms with Crippen molar-refractivity contribution in [2.45, 2.75) is 26.4 Å². The van der Waals surface area contributed by atoms with Crippen LogP contribution in [0.25, 0.3) is 11.3 Å². The third kappa shape index (κ3) is 6.23. The van der Waals surface area contributed by atoms with E-state index >= 15 is 0 Å². The molecule has 0 saturated carbocycles. The fraction of sp³-hybridized carbons (Fsp3) is 0.292. The van der Waals surface area contributed by atoms with E-state index in [0.717, 1.165) is 27.4 Å². The maximum absolute atomic E-state index is 12.0. The predicted octanol–water partition coefficient (Wildman–Crippen LogP) is 4.96. The van der Waals surface area contributed by atoms with Gasteiger partial charge in [0.1, 0.15) is 11.4 Å². The molecule has 0 atom stereocenters. The zero-order valence-corrected chi connectivity index (χ0v) is 20.3. The normalized spacial score (nSPS) is 12.1. The maximum atomic E-state index is 12.0. The molecule has 0 aliphatic carbocycles. The Kier molecular flexibility index (Phi) is 7.55. The molecule has 9 heteroatoms. The van der Waals surface area contributed by atoms with Crippen LogP contribution in [0.3, 0.4) is 0 Å². The first-order chi connectivity index (χ1) is 15.7. The van der Waals surface area contributed by atoms with Gasteiger partial charge in [-0.25, -0.2) is 9.47 Å². The Morgan fingerprint density at radius 3 is 2.36 bits per heavy atom. The molecule has 0 aliphatic rings. The second-order valence-electron chi connectivity index (χ2n) is 7.89. The molecule has 1 heterocycles. The van der Waals surface area contributed by atoms with Crippen LogP contribution in [0.5, 0.6) is 17.2 Å². The topological polar surface area (TPSA) is 83.6 Å². The van der Waals surface area contributed by atoms with Crippen molar-refractivity contribution in [2.24, 2.45) is 10.1 Å². The summed E-state index contributed by atoms with van der Waals surface area (Å²) in [6, 6.07) is 12.9. The first-order valence-electron chi connectivity index (χ1n) is 10.1. The van der Waals surface area contributed by atoms with E-state index in [2.05, 4.69) is 10.1 Å². The fourth-order valence-electron chi connectivity index (χ4n) is 2.86. The Balaban J connectivity index is 1.87. The number of nitrogens with zero attached hydrogens (tertiary/aromatic N) is 3. The Hall–Kier alpha value is -3.59. The molecule has 0 amide bonds. The van der Waals surface area contributed by atoms with Crippen LogP contribution in [-0.4, -0.2) is 43.9 Å². The van der Waals surface area contributed by atoms with Crippen LogP contribution in [-0.2, 0) is 4.74 Å². The zero-order chi connectivity index (χ0) is 24.0. The molecule has 2 aromatic carbocycles. The van der Waals surface area contributed by atoms with Gasteiger partial charge in [-0.2, -0.15) is 5.10 Å². The van der Waals surface area contributed by atoms with E-state index in [9.17, 15) is 4.79 Å². The van der Waals surface area contributed by atoms with E-state index in [1.165, 1.54) is 18.4 Å². The summed E-state index contributed by atoms with van der Waals surface area (Å²) in [4.78, 5) is 17.1. The van der Waals surface area contributed by atoms with Crippen LogP contribution in [0, 0.1) is 0 Å². The molecule has 3 rings (SSSR count). The molecule has 3 aromatic rings. The number of ether oxygens (including phenoxy) is 4. The van der Waals surface area contributed by atoms with Crippen LogP contribution in [0.2, 0.25) is 0 Å². The van der Waals surface area contributed by atoms with Gasteiger partial charge in [0.05, 0.1) is 26.1 Å². The first kappa shape index (κ1) is 24.1. The highest BCUT2D eigenvalue weighted by atomic mass is 32.1.